The number of carbonyl (C=O) groups excluding carboxylic acids is 1. The first-order valence-corrected chi connectivity index (χ1v) is 8.42. The fraction of sp³-hybridized carbons (Fsp3) is 0.611. The third-order valence-electron chi connectivity index (χ3n) is 4.90. The molecule has 2 saturated heterocycles. The van der Waals surface area contributed by atoms with Gasteiger partial charge in [0.25, 0.3) is 0 Å². The zero-order valence-corrected chi connectivity index (χ0v) is 12.8. The summed E-state index contributed by atoms with van der Waals surface area (Å²) >= 11 is 0. The highest BCUT2D eigenvalue weighted by atomic mass is 16.1. The molecule has 0 unspecified atom stereocenters. The van der Waals surface area contributed by atoms with Gasteiger partial charge in [-0.3, -0.25) is 4.79 Å². The molecule has 114 valence electrons. The van der Waals surface area contributed by atoms with Crippen LogP contribution in [0.5, 0.6) is 0 Å². The number of benzene rings is 1. The molecule has 0 aromatic heterocycles. The van der Waals surface area contributed by atoms with E-state index in [2.05, 4.69) is 22.3 Å². The first kappa shape index (κ1) is 14.6. The van der Waals surface area contributed by atoms with Crippen LogP contribution in [0.3, 0.4) is 0 Å². The maximum absolute atomic E-state index is 12.3. The van der Waals surface area contributed by atoms with Gasteiger partial charge in [-0.1, -0.05) is 0 Å². The average Bonchev–Trinajstić information content (AvgIpc) is 3.08. The van der Waals surface area contributed by atoms with Gasteiger partial charge in [0.15, 0.2) is 5.78 Å². The number of ketones is 1. The van der Waals surface area contributed by atoms with Crippen molar-refractivity contribution in [1.29, 1.82) is 0 Å². The number of piperidine rings is 1. The second-order valence-corrected chi connectivity index (χ2v) is 6.40. The van der Waals surface area contributed by atoms with E-state index in [-0.39, 0.29) is 0 Å². The van der Waals surface area contributed by atoms with Crippen molar-refractivity contribution in [2.75, 3.05) is 31.1 Å². The van der Waals surface area contributed by atoms with Crippen LogP contribution < -0.4 is 10.2 Å². The van der Waals surface area contributed by atoms with Gasteiger partial charge in [0, 0.05) is 30.8 Å². The fourth-order valence-electron chi connectivity index (χ4n) is 3.48. The third kappa shape index (κ3) is 3.85. The molecule has 0 saturated carbocycles. The summed E-state index contributed by atoms with van der Waals surface area (Å²) in [5.41, 5.74) is 2.15. The Labute approximate surface area is 127 Å². The van der Waals surface area contributed by atoms with Gasteiger partial charge in [-0.05, 0) is 75.4 Å². The van der Waals surface area contributed by atoms with Gasteiger partial charge in [-0.25, -0.2) is 0 Å². The van der Waals surface area contributed by atoms with E-state index in [0.29, 0.717) is 12.2 Å². The van der Waals surface area contributed by atoms with Crippen LogP contribution in [0.15, 0.2) is 24.3 Å². The highest BCUT2D eigenvalue weighted by Gasteiger charge is 2.16. The van der Waals surface area contributed by atoms with E-state index >= 15 is 0 Å². The van der Waals surface area contributed by atoms with E-state index < -0.39 is 0 Å². The molecular formula is C18H26N2O. The Balaban J connectivity index is 1.52. The molecule has 0 aliphatic carbocycles. The molecule has 21 heavy (non-hydrogen) atoms. The molecule has 2 fully saturated rings. The number of rotatable bonds is 5. The van der Waals surface area contributed by atoms with Crippen LogP contribution in [0.4, 0.5) is 5.69 Å². The topological polar surface area (TPSA) is 32.3 Å². The Morgan fingerprint density at radius 1 is 1.10 bits per heavy atom. The standard InChI is InChI=1S/C18H26N2O/c21-18(8-3-15-9-11-19-12-10-15)16-4-6-17(7-5-16)20-13-1-2-14-20/h4-7,15,19H,1-3,8-14H2. The Morgan fingerprint density at radius 3 is 2.43 bits per heavy atom. The van der Waals surface area contributed by atoms with E-state index in [1.807, 2.05) is 12.1 Å². The molecule has 2 aliphatic heterocycles. The minimum Gasteiger partial charge on any atom is -0.372 e. The molecule has 1 aromatic rings. The second kappa shape index (κ2) is 7.08. The zero-order valence-electron chi connectivity index (χ0n) is 12.8. The molecule has 0 amide bonds. The lowest BCUT2D eigenvalue weighted by molar-refractivity contribution is 0.0971. The van der Waals surface area contributed by atoms with Crippen molar-refractivity contribution in [3.8, 4) is 0 Å². The summed E-state index contributed by atoms with van der Waals surface area (Å²) in [6.45, 7) is 4.54. The molecular weight excluding hydrogens is 260 g/mol. The summed E-state index contributed by atoms with van der Waals surface area (Å²) in [6.07, 6.45) is 6.78. The van der Waals surface area contributed by atoms with Crippen molar-refractivity contribution in [2.45, 2.75) is 38.5 Å². The van der Waals surface area contributed by atoms with E-state index in [4.69, 9.17) is 0 Å². The van der Waals surface area contributed by atoms with Crippen LogP contribution in [0.25, 0.3) is 0 Å². The predicted octanol–water partition coefficient (Wildman–Crippen LogP) is 3.25. The Kier molecular flexibility index (Phi) is 4.91. The number of hydrogen-bond acceptors (Lipinski definition) is 3. The summed E-state index contributed by atoms with van der Waals surface area (Å²) in [4.78, 5) is 14.7. The summed E-state index contributed by atoms with van der Waals surface area (Å²) in [5.74, 6) is 1.04. The van der Waals surface area contributed by atoms with Gasteiger partial charge in [-0.15, -0.1) is 0 Å². The van der Waals surface area contributed by atoms with Gasteiger partial charge in [0.05, 0.1) is 0 Å². The normalized spacial score (nSPS) is 19.9. The molecule has 3 heteroatoms. The highest BCUT2D eigenvalue weighted by molar-refractivity contribution is 5.96. The van der Waals surface area contributed by atoms with Gasteiger partial charge in [-0.2, -0.15) is 0 Å². The molecule has 2 aliphatic rings. The maximum Gasteiger partial charge on any atom is 0.162 e. The predicted molar refractivity (Wildman–Crippen MR) is 87.0 cm³/mol. The summed E-state index contributed by atoms with van der Waals surface area (Å²) in [7, 11) is 0. The van der Waals surface area contributed by atoms with Crippen LogP contribution in [-0.4, -0.2) is 32.0 Å². The lowest BCUT2D eigenvalue weighted by atomic mass is 9.91. The second-order valence-electron chi connectivity index (χ2n) is 6.40. The molecule has 0 radical (unpaired) electrons. The number of hydrogen-bond donors (Lipinski definition) is 1. The molecule has 0 spiro atoms. The largest absolute Gasteiger partial charge is 0.372 e. The minimum atomic E-state index is 0.307. The number of nitrogens with one attached hydrogen (secondary N) is 1. The summed E-state index contributed by atoms with van der Waals surface area (Å²) in [5, 5.41) is 3.38. The monoisotopic (exact) mass is 286 g/mol. The highest BCUT2D eigenvalue weighted by Crippen LogP contribution is 2.22. The van der Waals surface area contributed by atoms with E-state index in [0.717, 1.165) is 44.1 Å². The van der Waals surface area contributed by atoms with Crippen molar-refractivity contribution in [3.05, 3.63) is 29.8 Å². The van der Waals surface area contributed by atoms with E-state index in [1.165, 1.54) is 31.4 Å². The molecule has 1 N–H and O–H groups in total. The SMILES string of the molecule is O=C(CCC1CCNCC1)c1ccc(N2CCCC2)cc1. The Bertz CT molecular complexity index is 457. The van der Waals surface area contributed by atoms with Crippen LogP contribution in [0, 0.1) is 5.92 Å². The third-order valence-corrected chi connectivity index (χ3v) is 4.90. The lowest BCUT2D eigenvalue weighted by Crippen LogP contribution is -2.28. The van der Waals surface area contributed by atoms with Crippen LogP contribution in [-0.2, 0) is 0 Å². The van der Waals surface area contributed by atoms with Crippen molar-refractivity contribution in [1.82, 2.24) is 5.32 Å². The number of carbonyl (C=O) groups is 1. The van der Waals surface area contributed by atoms with Gasteiger partial charge < -0.3 is 10.2 Å². The maximum atomic E-state index is 12.3. The summed E-state index contributed by atoms with van der Waals surface area (Å²) < 4.78 is 0. The number of anilines is 1. The van der Waals surface area contributed by atoms with Crippen molar-refractivity contribution < 1.29 is 4.79 Å². The van der Waals surface area contributed by atoms with Gasteiger partial charge in [0.1, 0.15) is 0 Å². The molecule has 1 aromatic carbocycles. The smallest absolute Gasteiger partial charge is 0.162 e. The van der Waals surface area contributed by atoms with Crippen molar-refractivity contribution in [3.63, 3.8) is 0 Å². The molecule has 3 nitrogen and oxygen atoms in total. The van der Waals surface area contributed by atoms with Gasteiger partial charge >= 0.3 is 0 Å². The van der Waals surface area contributed by atoms with Crippen LogP contribution in [0.2, 0.25) is 0 Å². The minimum absolute atomic E-state index is 0.307. The zero-order chi connectivity index (χ0) is 14.5. The van der Waals surface area contributed by atoms with E-state index in [1.54, 1.807) is 0 Å². The molecule has 0 atom stereocenters. The molecule has 0 bridgehead atoms. The summed E-state index contributed by atoms with van der Waals surface area (Å²) in [6, 6.07) is 8.25. The Hall–Kier alpha value is -1.35. The lowest BCUT2D eigenvalue weighted by Gasteiger charge is -2.22. The van der Waals surface area contributed by atoms with Crippen molar-refractivity contribution in [2.24, 2.45) is 5.92 Å². The quantitative estimate of drug-likeness (QED) is 0.843. The van der Waals surface area contributed by atoms with Crippen LogP contribution >= 0.6 is 0 Å². The Morgan fingerprint density at radius 2 is 1.76 bits per heavy atom. The van der Waals surface area contributed by atoms with E-state index in [9.17, 15) is 4.79 Å². The fourth-order valence-corrected chi connectivity index (χ4v) is 3.48. The first-order chi connectivity index (χ1) is 10.3. The molecule has 3 rings (SSSR count). The first-order valence-electron chi connectivity index (χ1n) is 8.42. The van der Waals surface area contributed by atoms with Crippen molar-refractivity contribution >= 4 is 11.5 Å². The average molecular weight is 286 g/mol. The van der Waals surface area contributed by atoms with Gasteiger partial charge in [0.2, 0.25) is 0 Å². The number of Topliss-reactive ketones (excluding diaryl/α,β-unsaturated/α-hetero) is 1. The number of nitrogens with zero attached hydrogens (tertiary/aromatic N) is 1. The van der Waals surface area contributed by atoms with Crippen LogP contribution in [0.1, 0.15) is 48.9 Å². The molecule has 2 heterocycles.